The van der Waals surface area contributed by atoms with Crippen molar-refractivity contribution in [1.82, 2.24) is 0 Å². The van der Waals surface area contributed by atoms with Crippen molar-refractivity contribution in [3.05, 3.63) is 0 Å². The molecule has 0 N–H and O–H groups in total. The van der Waals surface area contributed by atoms with E-state index in [1.54, 1.807) is 0 Å². The Morgan fingerprint density at radius 2 is 1.81 bits per heavy atom. The molecule has 0 aromatic rings. The van der Waals surface area contributed by atoms with Gasteiger partial charge >= 0.3 is 0 Å². The average Bonchev–Trinajstić information content (AvgIpc) is 2.33. The quantitative estimate of drug-likeness (QED) is 0.740. The molecule has 16 heavy (non-hydrogen) atoms. The van der Waals surface area contributed by atoms with Gasteiger partial charge in [0.25, 0.3) is 0 Å². The second kappa shape index (κ2) is 6.58. The summed E-state index contributed by atoms with van der Waals surface area (Å²) in [5, 5.41) is 0. The van der Waals surface area contributed by atoms with Gasteiger partial charge in [-0.3, -0.25) is 0 Å². The Morgan fingerprint density at radius 3 is 2.56 bits per heavy atom. The maximum atomic E-state index is 5.94. The van der Waals surface area contributed by atoms with Gasteiger partial charge in [0.05, 0.1) is 25.9 Å². The first kappa shape index (κ1) is 12.3. The maximum absolute atomic E-state index is 5.94. The fourth-order valence-electron chi connectivity index (χ4n) is 2.55. The molecule has 1 aliphatic carbocycles. The Morgan fingerprint density at radius 1 is 1.06 bits per heavy atom. The van der Waals surface area contributed by atoms with Gasteiger partial charge in [-0.25, -0.2) is 0 Å². The van der Waals surface area contributed by atoms with Crippen molar-refractivity contribution in [3.63, 3.8) is 0 Å². The maximum Gasteiger partial charge on any atom is 0.159 e. The van der Waals surface area contributed by atoms with Gasteiger partial charge in [0, 0.05) is 6.42 Å². The van der Waals surface area contributed by atoms with E-state index in [0.29, 0.717) is 6.10 Å². The standard InChI is InChI=1S/C13H24O3/c1-11-5-2-3-6-12(11)14-10-7-13-15-8-4-9-16-13/h11-13H,2-10H2,1H3. The predicted molar refractivity (Wildman–Crippen MR) is 62.3 cm³/mol. The van der Waals surface area contributed by atoms with Gasteiger partial charge in [-0.2, -0.15) is 0 Å². The Kier molecular flexibility index (Phi) is 5.07. The molecule has 3 nitrogen and oxygen atoms in total. The third-order valence-corrected chi connectivity index (χ3v) is 3.61. The molecular weight excluding hydrogens is 204 g/mol. The molecule has 2 atom stereocenters. The topological polar surface area (TPSA) is 27.7 Å². The molecule has 1 aliphatic heterocycles. The van der Waals surface area contributed by atoms with Gasteiger partial charge in [-0.15, -0.1) is 0 Å². The van der Waals surface area contributed by atoms with Crippen LogP contribution in [0.25, 0.3) is 0 Å². The van der Waals surface area contributed by atoms with Crippen molar-refractivity contribution in [3.8, 4) is 0 Å². The molecular formula is C13H24O3. The van der Waals surface area contributed by atoms with Crippen LogP contribution in [0, 0.1) is 5.92 Å². The summed E-state index contributed by atoms with van der Waals surface area (Å²) in [4.78, 5) is 0. The van der Waals surface area contributed by atoms with Gasteiger partial charge in [0.2, 0.25) is 0 Å². The lowest BCUT2D eigenvalue weighted by Gasteiger charge is -2.30. The SMILES string of the molecule is CC1CCCCC1OCCC1OCCCO1. The Hall–Kier alpha value is -0.120. The van der Waals surface area contributed by atoms with Crippen LogP contribution in [0.15, 0.2) is 0 Å². The van der Waals surface area contributed by atoms with Crippen LogP contribution >= 0.6 is 0 Å². The molecule has 2 rings (SSSR count). The van der Waals surface area contributed by atoms with Crippen LogP contribution in [0.2, 0.25) is 0 Å². The minimum absolute atomic E-state index is 0.0207. The minimum Gasteiger partial charge on any atom is -0.378 e. The van der Waals surface area contributed by atoms with Gasteiger partial charge in [-0.1, -0.05) is 19.8 Å². The number of ether oxygens (including phenoxy) is 3. The molecule has 94 valence electrons. The van der Waals surface area contributed by atoms with Gasteiger partial charge in [0.1, 0.15) is 0 Å². The highest BCUT2D eigenvalue weighted by Gasteiger charge is 2.22. The summed E-state index contributed by atoms with van der Waals surface area (Å²) in [5.74, 6) is 0.724. The van der Waals surface area contributed by atoms with E-state index in [-0.39, 0.29) is 6.29 Å². The Bertz CT molecular complexity index is 190. The lowest BCUT2D eigenvalue weighted by molar-refractivity contribution is -0.189. The molecule has 1 saturated heterocycles. The largest absolute Gasteiger partial charge is 0.378 e. The van der Waals surface area contributed by atoms with Gasteiger partial charge in [-0.05, 0) is 25.2 Å². The van der Waals surface area contributed by atoms with Crippen molar-refractivity contribution in [2.24, 2.45) is 5.92 Å². The van der Waals surface area contributed by atoms with E-state index in [0.717, 1.165) is 38.6 Å². The van der Waals surface area contributed by atoms with E-state index in [1.807, 2.05) is 0 Å². The normalized spacial score (nSPS) is 32.8. The second-order valence-electron chi connectivity index (χ2n) is 4.98. The van der Waals surface area contributed by atoms with Crippen LogP contribution in [0.5, 0.6) is 0 Å². The molecule has 0 spiro atoms. The smallest absolute Gasteiger partial charge is 0.159 e. The zero-order chi connectivity index (χ0) is 11.2. The van der Waals surface area contributed by atoms with Crippen LogP contribution in [0.4, 0.5) is 0 Å². The first-order valence-electron chi connectivity index (χ1n) is 6.71. The fraction of sp³-hybridized carbons (Fsp3) is 1.00. The zero-order valence-corrected chi connectivity index (χ0v) is 10.3. The molecule has 1 heterocycles. The average molecular weight is 228 g/mol. The highest BCUT2D eigenvalue weighted by Crippen LogP contribution is 2.26. The molecule has 2 fully saturated rings. The number of hydrogen-bond acceptors (Lipinski definition) is 3. The van der Waals surface area contributed by atoms with Crippen LogP contribution in [0.1, 0.15) is 45.4 Å². The summed E-state index contributed by atoms with van der Waals surface area (Å²) in [6.45, 7) is 4.76. The third-order valence-electron chi connectivity index (χ3n) is 3.61. The monoisotopic (exact) mass is 228 g/mol. The van der Waals surface area contributed by atoms with E-state index < -0.39 is 0 Å². The molecule has 1 saturated carbocycles. The van der Waals surface area contributed by atoms with E-state index in [1.165, 1.54) is 25.7 Å². The van der Waals surface area contributed by atoms with Crippen LogP contribution < -0.4 is 0 Å². The predicted octanol–water partition coefficient (Wildman–Crippen LogP) is 2.73. The molecule has 2 unspecified atom stereocenters. The third kappa shape index (κ3) is 3.72. The number of hydrogen-bond donors (Lipinski definition) is 0. The van der Waals surface area contributed by atoms with Crippen molar-refractivity contribution in [2.75, 3.05) is 19.8 Å². The van der Waals surface area contributed by atoms with Crippen LogP contribution in [-0.4, -0.2) is 32.2 Å². The fourth-order valence-corrected chi connectivity index (χ4v) is 2.55. The van der Waals surface area contributed by atoms with Crippen molar-refractivity contribution in [2.45, 2.75) is 57.8 Å². The molecule has 2 aliphatic rings. The van der Waals surface area contributed by atoms with Gasteiger partial charge < -0.3 is 14.2 Å². The second-order valence-corrected chi connectivity index (χ2v) is 4.98. The molecule has 0 bridgehead atoms. The zero-order valence-electron chi connectivity index (χ0n) is 10.3. The first-order chi connectivity index (χ1) is 7.86. The van der Waals surface area contributed by atoms with E-state index in [2.05, 4.69) is 6.92 Å². The van der Waals surface area contributed by atoms with E-state index in [9.17, 15) is 0 Å². The van der Waals surface area contributed by atoms with Crippen molar-refractivity contribution >= 4 is 0 Å². The Balaban J connectivity index is 1.59. The minimum atomic E-state index is -0.0207. The van der Waals surface area contributed by atoms with Crippen molar-refractivity contribution in [1.29, 1.82) is 0 Å². The van der Waals surface area contributed by atoms with Crippen molar-refractivity contribution < 1.29 is 14.2 Å². The van der Waals surface area contributed by atoms with E-state index >= 15 is 0 Å². The summed E-state index contributed by atoms with van der Waals surface area (Å²) in [6, 6.07) is 0. The summed E-state index contributed by atoms with van der Waals surface area (Å²) < 4.78 is 16.9. The lowest BCUT2D eigenvalue weighted by Crippen LogP contribution is -2.29. The summed E-state index contributed by atoms with van der Waals surface area (Å²) in [7, 11) is 0. The highest BCUT2D eigenvalue weighted by atomic mass is 16.7. The first-order valence-corrected chi connectivity index (χ1v) is 6.71. The summed E-state index contributed by atoms with van der Waals surface area (Å²) in [6.07, 6.45) is 7.60. The lowest BCUT2D eigenvalue weighted by atomic mass is 9.88. The molecule has 0 radical (unpaired) electrons. The van der Waals surface area contributed by atoms with E-state index in [4.69, 9.17) is 14.2 Å². The van der Waals surface area contributed by atoms with Gasteiger partial charge in [0.15, 0.2) is 6.29 Å². The van der Waals surface area contributed by atoms with Crippen LogP contribution in [-0.2, 0) is 14.2 Å². The van der Waals surface area contributed by atoms with Crippen LogP contribution in [0.3, 0.4) is 0 Å². The molecule has 0 aromatic carbocycles. The Labute approximate surface area is 98.4 Å². The molecule has 0 amide bonds. The molecule has 0 aromatic heterocycles. The number of rotatable bonds is 4. The molecule has 3 heteroatoms. The summed E-state index contributed by atoms with van der Waals surface area (Å²) >= 11 is 0. The summed E-state index contributed by atoms with van der Waals surface area (Å²) in [5.41, 5.74) is 0. The highest BCUT2D eigenvalue weighted by molar-refractivity contribution is 4.72.